The van der Waals surface area contributed by atoms with Crippen molar-refractivity contribution in [3.05, 3.63) is 74.9 Å². The SMILES string of the molecule is COc1ccc(Cc2nnc(Nc3ccc(F)c(Cl)c3)[nH]c2=O)cc1. The molecule has 0 aliphatic carbocycles. The van der Waals surface area contributed by atoms with Crippen molar-refractivity contribution in [2.24, 2.45) is 0 Å². The first-order valence-corrected chi connectivity index (χ1v) is 7.74. The number of benzene rings is 2. The van der Waals surface area contributed by atoms with Crippen molar-refractivity contribution in [3.63, 3.8) is 0 Å². The molecule has 0 aliphatic heterocycles. The van der Waals surface area contributed by atoms with Gasteiger partial charge >= 0.3 is 0 Å². The number of aromatic nitrogens is 3. The second-order valence-corrected chi connectivity index (χ2v) is 5.64. The van der Waals surface area contributed by atoms with Crippen LogP contribution >= 0.6 is 11.6 Å². The van der Waals surface area contributed by atoms with Crippen LogP contribution < -0.4 is 15.6 Å². The Morgan fingerprint density at radius 3 is 2.60 bits per heavy atom. The van der Waals surface area contributed by atoms with Gasteiger partial charge in [-0.3, -0.25) is 9.78 Å². The largest absolute Gasteiger partial charge is 0.497 e. The van der Waals surface area contributed by atoms with Gasteiger partial charge in [0.05, 0.1) is 12.1 Å². The Morgan fingerprint density at radius 1 is 1.20 bits per heavy atom. The number of aromatic amines is 1. The lowest BCUT2D eigenvalue weighted by atomic mass is 10.1. The number of hydrogen-bond acceptors (Lipinski definition) is 5. The van der Waals surface area contributed by atoms with Gasteiger partial charge < -0.3 is 10.1 Å². The van der Waals surface area contributed by atoms with E-state index in [1.165, 1.54) is 18.2 Å². The van der Waals surface area contributed by atoms with Gasteiger partial charge in [-0.15, -0.1) is 10.2 Å². The number of nitrogens with one attached hydrogen (secondary N) is 2. The number of ether oxygens (including phenoxy) is 1. The Kier molecular flexibility index (Phi) is 4.95. The summed E-state index contributed by atoms with van der Waals surface area (Å²) in [6.07, 6.45) is 0.342. The number of anilines is 2. The van der Waals surface area contributed by atoms with Crippen LogP contribution in [0.4, 0.5) is 16.0 Å². The molecule has 1 aromatic heterocycles. The smallest absolute Gasteiger partial charge is 0.274 e. The van der Waals surface area contributed by atoms with Crippen molar-refractivity contribution in [3.8, 4) is 5.75 Å². The highest BCUT2D eigenvalue weighted by Crippen LogP contribution is 2.21. The summed E-state index contributed by atoms with van der Waals surface area (Å²) in [7, 11) is 1.59. The number of rotatable bonds is 5. The molecule has 0 fully saturated rings. The Balaban J connectivity index is 1.75. The van der Waals surface area contributed by atoms with Crippen LogP contribution in [0.15, 0.2) is 47.3 Å². The lowest BCUT2D eigenvalue weighted by Crippen LogP contribution is -2.18. The average Bonchev–Trinajstić information content (AvgIpc) is 2.61. The molecule has 1 heterocycles. The number of H-pyrrole nitrogens is 1. The van der Waals surface area contributed by atoms with Gasteiger partial charge in [0.1, 0.15) is 17.3 Å². The van der Waals surface area contributed by atoms with E-state index < -0.39 is 5.82 Å². The Bertz CT molecular complexity index is 944. The highest BCUT2D eigenvalue weighted by molar-refractivity contribution is 6.31. The predicted molar refractivity (Wildman–Crippen MR) is 93.1 cm³/mol. The van der Waals surface area contributed by atoms with E-state index in [1.54, 1.807) is 7.11 Å². The van der Waals surface area contributed by atoms with Crippen molar-refractivity contribution in [1.29, 1.82) is 0 Å². The van der Waals surface area contributed by atoms with Crippen molar-refractivity contribution < 1.29 is 9.13 Å². The first-order chi connectivity index (χ1) is 12.0. The molecule has 0 amide bonds. The number of halogens is 2. The van der Waals surface area contributed by atoms with Crippen molar-refractivity contribution >= 4 is 23.2 Å². The average molecular weight is 361 g/mol. The zero-order chi connectivity index (χ0) is 17.8. The minimum atomic E-state index is -0.526. The molecule has 0 unspecified atom stereocenters. The molecule has 2 aromatic carbocycles. The molecule has 25 heavy (non-hydrogen) atoms. The van der Waals surface area contributed by atoms with E-state index in [2.05, 4.69) is 20.5 Å². The molecule has 0 atom stereocenters. The second kappa shape index (κ2) is 7.31. The van der Waals surface area contributed by atoms with Crippen LogP contribution in [-0.4, -0.2) is 22.3 Å². The zero-order valence-electron chi connectivity index (χ0n) is 13.2. The topological polar surface area (TPSA) is 79.9 Å². The molecule has 6 nitrogen and oxygen atoms in total. The molecule has 3 aromatic rings. The van der Waals surface area contributed by atoms with Crippen molar-refractivity contribution in [2.45, 2.75) is 6.42 Å². The van der Waals surface area contributed by atoms with Crippen LogP contribution in [0.2, 0.25) is 5.02 Å². The lowest BCUT2D eigenvalue weighted by Gasteiger charge is -2.06. The van der Waals surface area contributed by atoms with Crippen LogP contribution in [0.5, 0.6) is 5.75 Å². The van der Waals surface area contributed by atoms with E-state index in [4.69, 9.17) is 16.3 Å². The molecule has 0 aliphatic rings. The van der Waals surface area contributed by atoms with Crippen molar-refractivity contribution in [2.75, 3.05) is 12.4 Å². The van der Waals surface area contributed by atoms with E-state index in [0.717, 1.165) is 11.3 Å². The summed E-state index contributed by atoms with van der Waals surface area (Å²) in [6.45, 7) is 0. The predicted octanol–water partition coefficient (Wildman–Crippen LogP) is 3.30. The third-order valence-corrected chi connectivity index (χ3v) is 3.77. The fourth-order valence-electron chi connectivity index (χ4n) is 2.18. The van der Waals surface area contributed by atoms with Gasteiger partial charge in [0.15, 0.2) is 0 Å². The lowest BCUT2D eigenvalue weighted by molar-refractivity contribution is 0.414. The van der Waals surface area contributed by atoms with Crippen LogP contribution in [0.3, 0.4) is 0 Å². The molecule has 0 saturated carbocycles. The fourth-order valence-corrected chi connectivity index (χ4v) is 2.36. The molecular weight excluding hydrogens is 347 g/mol. The molecule has 3 rings (SSSR count). The standard InChI is InChI=1S/C17H14ClFN4O2/c1-25-12-5-2-10(3-6-12)8-15-16(24)21-17(23-22-15)20-11-4-7-14(19)13(18)9-11/h2-7,9H,8H2,1H3,(H2,20,21,23,24). The molecule has 128 valence electrons. The summed E-state index contributed by atoms with van der Waals surface area (Å²) in [6, 6.07) is 11.4. The summed E-state index contributed by atoms with van der Waals surface area (Å²) < 4.78 is 18.3. The first kappa shape index (κ1) is 16.9. The molecule has 0 spiro atoms. The minimum absolute atomic E-state index is 0.0311. The first-order valence-electron chi connectivity index (χ1n) is 7.36. The Hall–Kier alpha value is -2.93. The van der Waals surface area contributed by atoms with Crippen LogP contribution in [0.1, 0.15) is 11.3 Å². The van der Waals surface area contributed by atoms with E-state index in [-0.39, 0.29) is 22.2 Å². The Morgan fingerprint density at radius 2 is 1.96 bits per heavy atom. The maximum Gasteiger partial charge on any atom is 0.274 e. The Labute approximate surface area is 147 Å². The summed E-state index contributed by atoms with van der Waals surface area (Å²) in [4.78, 5) is 14.8. The van der Waals surface area contributed by atoms with Gasteiger partial charge in [0, 0.05) is 12.1 Å². The normalized spacial score (nSPS) is 10.5. The van der Waals surface area contributed by atoms with Crippen LogP contribution in [0, 0.1) is 5.82 Å². The summed E-state index contributed by atoms with van der Waals surface area (Å²) >= 11 is 5.72. The number of hydrogen-bond donors (Lipinski definition) is 2. The molecule has 0 bridgehead atoms. The quantitative estimate of drug-likeness (QED) is 0.729. The maximum atomic E-state index is 13.2. The van der Waals surface area contributed by atoms with Crippen molar-refractivity contribution in [1.82, 2.24) is 15.2 Å². The summed E-state index contributed by atoms with van der Waals surface area (Å²) in [5, 5.41) is 10.7. The molecule has 8 heteroatoms. The van der Waals surface area contributed by atoms with E-state index in [1.807, 2.05) is 24.3 Å². The summed E-state index contributed by atoms with van der Waals surface area (Å²) in [5.41, 5.74) is 1.32. The van der Waals surface area contributed by atoms with E-state index >= 15 is 0 Å². The van der Waals surface area contributed by atoms with Gasteiger partial charge in [-0.05, 0) is 35.9 Å². The molecule has 0 radical (unpaired) electrons. The highest BCUT2D eigenvalue weighted by atomic mass is 35.5. The van der Waals surface area contributed by atoms with E-state index in [9.17, 15) is 9.18 Å². The van der Waals surface area contributed by atoms with E-state index in [0.29, 0.717) is 12.1 Å². The maximum absolute atomic E-state index is 13.2. The van der Waals surface area contributed by atoms with Gasteiger partial charge in [-0.2, -0.15) is 0 Å². The molecule has 2 N–H and O–H groups in total. The van der Waals surface area contributed by atoms with Gasteiger partial charge in [-0.25, -0.2) is 4.39 Å². The second-order valence-electron chi connectivity index (χ2n) is 5.23. The zero-order valence-corrected chi connectivity index (χ0v) is 14.0. The van der Waals surface area contributed by atoms with Crippen LogP contribution in [0.25, 0.3) is 0 Å². The van der Waals surface area contributed by atoms with Gasteiger partial charge in [-0.1, -0.05) is 23.7 Å². The number of methoxy groups -OCH3 is 1. The fraction of sp³-hybridized carbons (Fsp3) is 0.118. The number of nitrogens with zero attached hydrogens (tertiary/aromatic N) is 2. The van der Waals surface area contributed by atoms with Gasteiger partial charge in [0.25, 0.3) is 5.56 Å². The molecular formula is C17H14ClFN4O2. The van der Waals surface area contributed by atoms with Crippen LogP contribution in [-0.2, 0) is 6.42 Å². The molecule has 0 saturated heterocycles. The minimum Gasteiger partial charge on any atom is -0.497 e. The third kappa shape index (κ3) is 4.13. The van der Waals surface area contributed by atoms with Gasteiger partial charge in [0.2, 0.25) is 5.95 Å². The highest BCUT2D eigenvalue weighted by Gasteiger charge is 2.08. The third-order valence-electron chi connectivity index (χ3n) is 3.48. The summed E-state index contributed by atoms with van der Waals surface area (Å²) in [5.74, 6) is 0.356. The monoisotopic (exact) mass is 360 g/mol.